The normalized spacial score (nSPS) is 18.2. The van der Waals surface area contributed by atoms with Gasteiger partial charge in [0.15, 0.2) is 0 Å². The number of rotatable bonds is 3. The second kappa shape index (κ2) is 9.98. The van der Waals surface area contributed by atoms with E-state index >= 15 is 0 Å². The summed E-state index contributed by atoms with van der Waals surface area (Å²) >= 11 is 2.24. The molecule has 7 heteroatoms. The van der Waals surface area contributed by atoms with Crippen molar-refractivity contribution < 1.29 is 70.1 Å². The van der Waals surface area contributed by atoms with E-state index in [1.165, 1.54) is 15.0 Å². The first kappa shape index (κ1) is 29.0. The summed E-state index contributed by atoms with van der Waals surface area (Å²) in [6.07, 6.45) is 12.8. The van der Waals surface area contributed by atoms with Crippen LogP contribution in [0.25, 0.3) is 0 Å². The molecule has 3 aliphatic rings. The maximum absolute atomic E-state index is 2.52. The van der Waals surface area contributed by atoms with E-state index in [2.05, 4.69) is 90.1 Å². The summed E-state index contributed by atoms with van der Waals surface area (Å²) in [6, 6.07) is 0. The van der Waals surface area contributed by atoms with Gasteiger partial charge in [-0.2, -0.15) is 0 Å². The van der Waals surface area contributed by atoms with Crippen molar-refractivity contribution in [3.8, 4) is 0 Å². The fraction of sp³-hybridized carbons (Fsp3) is 0.368. The summed E-state index contributed by atoms with van der Waals surface area (Å²) in [7, 11) is -2.78. The van der Waals surface area contributed by atoms with Gasteiger partial charge in [-0.15, -0.1) is 0 Å². The molecular weight excluding hydrogens is 474 g/mol. The summed E-state index contributed by atoms with van der Waals surface area (Å²) in [5, 5.41) is 3.50. The summed E-state index contributed by atoms with van der Waals surface area (Å²) in [4.78, 5) is 0. The van der Waals surface area contributed by atoms with Crippen molar-refractivity contribution in [2.75, 3.05) is 0 Å². The van der Waals surface area contributed by atoms with Crippen molar-refractivity contribution in [1.82, 2.24) is 0 Å². The van der Waals surface area contributed by atoms with Gasteiger partial charge in [-0.1, -0.05) is 0 Å². The SMILES string of the molecule is C[Si](C)(C)C1=C2C=[C]([Ti+4])C=C2C(C2=CC=CC2)=C1[Si](C)(C)C.[Cl-].[Cl-].[Cl-].[Cl-]. The average molecular weight is 499 g/mol. The van der Waals surface area contributed by atoms with Crippen LogP contribution in [0, 0.1) is 0 Å². The van der Waals surface area contributed by atoms with Gasteiger partial charge in [0.2, 0.25) is 0 Å². The number of hydrogen-bond acceptors (Lipinski definition) is 0. The molecule has 0 aromatic rings. The van der Waals surface area contributed by atoms with Gasteiger partial charge in [-0.25, -0.2) is 0 Å². The molecule has 0 aromatic carbocycles. The predicted molar refractivity (Wildman–Crippen MR) is 98.8 cm³/mol. The Morgan fingerprint density at radius 2 is 1.35 bits per heavy atom. The number of fused-ring (bicyclic) bond motifs is 1. The van der Waals surface area contributed by atoms with E-state index < -0.39 is 16.1 Å². The molecule has 0 atom stereocenters. The zero-order chi connectivity index (χ0) is 16.3. The van der Waals surface area contributed by atoms with Crippen LogP contribution in [0.4, 0.5) is 0 Å². The molecule has 0 nitrogen and oxygen atoms in total. The maximum Gasteiger partial charge on any atom is -1.00 e. The first-order chi connectivity index (χ1) is 10.1. The molecule has 3 aliphatic carbocycles. The molecule has 0 aliphatic heterocycles. The first-order valence-electron chi connectivity index (χ1n) is 8.12. The number of hydrogen-bond donors (Lipinski definition) is 0. The quantitative estimate of drug-likeness (QED) is 0.340. The molecule has 0 heterocycles. The molecule has 0 saturated carbocycles. The standard InChI is InChI=1S/C19H25Si2.4ClH.Ti/c1-20(2,3)18-16-13-9-12-15(16)17(14-10-7-8-11-14)19(18)21(4,5)6;;;;;/h7-8,10,12-13H,11H2,1-6H3;4*1H;/q;;;;;+4/p-4. The van der Waals surface area contributed by atoms with E-state index in [1.54, 1.807) is 21.5 Å². The Hall–Kier alpha value is 0.748. The van der Waals surface area contributed by atoms with Crippen LogP contribution in [0.15, 0.2) is 66.9 Å². The minimum Gasteiger partial charge on any atom is -1.00 e. The topological polar surface area (TPSA) is 0 Å². The van der Waals surface area contributed by atoms with Gasteiger partial charge in [0.25, 0.3) is 0 Å². The van der Waals surface area contributed by atoms with Gasteiger partial charge >= 0.3 is 149 Å². The van der Waals surface area contributed by atoms with Gasteiger partial charge < -0.3 is 49.6 Å². The van der Waals surface area contributed by atoms with Crippen molar-refractivity contribution in [3.63, 3.8) is 0 Å². The Balaban J connectivity index is 0. The van der Waals surface area contributed by atoms with E-state index in [-0.39, 0.29) is 49.6 Å². The van der Waals surface area contributed by atoms with Crippen molar-refractivity contribution in [3.05, 3.63) is 66.9 Å². The van der Waals surface area contributed by atoms with Gasteiger partial charge in [-0.05, 0) is 0 Å². The summed E-state index contributed by atoms with van der Waals surface area (Å²) in [5.41, 5.74) is 6.24. The van der Waals surface area contributed by atoms with Crippen molar-refractivity contribution in [2.45, 2.75) is 45.7 Å². The molecule has 0 spiro atoms. The monoisotopic (exact) mass is 497 g/mol. The fourth-order valence-corrected chi connectivity index (χ4v) is 10.3. The molecule has 0 amide bonds. The van der Waals surface area contributed by atoms with Crippen LogP contribution in [0.1, 0.15) is 6.42 Å². The maximum atomic E-state index is 2.52. The second-order valence-corrected chi connectivity index (χ2v) is 19.4. The second-order valence-electron chi connectivity index (χ2n) is 8.52. The predicted octanol–water partition coefficient (Wildman–Crippen LogP) is -6.38. The summed E-state index contributed by atoms with van der Waals surface area (Å²) < 4.78 is 1.42. The van der Waals surface area contributed by atoms with Gasteiger partial charge in [-0.3, -0.25) is 0 Å². The molecule has 0 radical (unpaired) electrons. The minimum atomic E-state index is -1.40. The third kappa shape index (κ3) is 5.21. The molecule has 0 aromatic heterocycles. The van der Waals surface area contributed by atoms with Crippen LogP contribution in [-0.2, 0) is 20.4 Å². The van der Waals surface area contributed by atoms with Crippen LogP contribution in [0.3, 0.4) is 0 Å². The van der Waals surface area contributed by atoms with Crippen molar-refractivity contribution in [1.29, 1.82) is 0 Å². The Bertz CT molecular complexity index is 742. The van der Waals surface area contributed by atoms with Crippen LogP contribution >= 0.6 is 0 Å². The number of allylic oxidation sites excluding steroid dienone is 12. The van der Waals surface area contributed by atoms with E-state index in [9.17, 15) is 0 Å². The van der Waals surface area contributed by atoms with Crippen LogP contribution in [0.5, 0.6) is 0 Å². The molecule has 0 saturated heterocycles. The van der Waals surface area contributed by atoms with Gasteiger partial charge in [0.05, 0.1) is 0 Å². The zero-order valence-electron chi connectivity index (χ0n) is 16.1. The number of halogens is 4. The smallest absolute Gasteiger partial charge is 1.00 e. The third-order valence-electron chi connectivity index (χ3n) is 4.52. The van der Waals surface area contributed by atoms with E-state index in [0.717, 1.165) is 6.42 Å². The van der Waals surface area contributed by atoms with Crippen molar-refractivity contribution in [2.24, 2.45) is 0 Å². The average Bonchev–Trinajstić information content (AvgIpc) is 2.98. The molecule has 0 fully saturated rings. The molecule has 0 bridgehead atoms. The largest absolute Gasteiger partial charge is 1.00 e. The third-order valence-corrected chi connectivity index (χ3v) is 9.24. The van der Waals surface area contributed by atoms with Crippen LogP contribution in [-0.4, -0.2) is 16.1 Å². The minimum absolute atomic E-state index is 0. The van der Waals surface area contributed by atoms with E-state index in [1.807, 2.05) is 0 Å². The Labute approximate surface area is 197 Å². The molecule has 141 valence electrons. The molecule has 3 rings (SSSR count). The summed E-state index contributed by atoms with van der Waals surface area (Å²) in [6.45, 7) is 15.1. The Morgan fingerprint density at radius 3 is 1.77 bits per heavy atom. The first-order valence-corrected chi connectivity index (χ1v) is 15.9. The molecular formula is C19H25Cl4Si2Ti. The van der Waals surface area contributed by atoms with E-state index in [0.29, 0.717) is 0 Å². The molecule has 0 unspecified atom stereocenters. The molecule has 26 heavy (non-hydrogen) atoms. The fourth-order valence-electron chi connectivity index (χ4n) is 3.81. The Kier molecular flexibility index (Phi) is 11.1. The molecule has 0 N–H and O–H groups in total. The van der Waals surface area contributed by atoms with Gasteiger partial charge in [0, 0.05) is 0 Å². The summed E-state index contributed by atoms with van der Waals surface area (Å²) in [5.74, 6) is 0. The zero-order valence-corrected chi connectivity index (χ0v) is 22.7. The van der Waals surface area contributed by atoms with Crippen LogP contribution < -0.4 is 49.6 Å². The van der Waals surface area contributed by atoms with Gasteiger partial charge in [0.1, 0.15) is 0 Å². The van der Waals surface area contributed by atoms with Crippen molar-refractivity contribution >= 4 is 16.1 Å². The Morgan fingerprint density at radius 1 is 0.808 bits per heavy atom. The van der Waals surface area contributed by atoms with E-state index in [4.69, 9.17) is 0 Å². The van der Waals surface area contributed by atoms with Crippen LogP contribution in [0.2, 0.25) is 39.3 Å².